The Balaban J connectivity index is 2.98. The third-order valence-electron chi connectivity index (χ3n) is 2.41. The van der Waals surface area contributed by atoms with Gasteiger partial charge in [0.1, 0.15) is 0 Å². The first kappa shape index (κ1) is 13.0. The molecule has 0 spiro atoms. The predicted molar refractivity (Wildman–Crippen MR) is 65.7 cm³/mol. The normalized spacial score (nSPS) is 12.6. The fourth-order valence-corrected chi connectivity index (χ4v) is 1.92. The fraction of sp³-hybridized carbons (Fsp3) is 0.462. The SMILES string of the molecule is CCOC(=O)C(c1cccc(Cl)c1)C(C)C. The molecule has 0 radical (unpaired) electrons. The summed E-state index contributed by atoms with van der Waals surface area (Å²) in [4.78, 5) is 11.8. The molecule has 0 saturated heterocycles. The number of rotatable bonds is 4. The number of carbonyl (C=O) groups excluding carboxylic acids is 1. The zero-order valence-electron chi connectivity index (χ0n) is 9.87. The number of benzene rings is 1. The van der Waals surface area contributed by atoms with Gasteiger partial charge in [-0.25, -0.2) is 0 Å². The average molecular weight is 241 g/mol. The van der Waals surface area contributed by atoms with Gasteiger partial charge < -0.3 is 4.74 Å². The van der Waals surface area contributed by atoms with Gasteiger partial charge in [0.2, 0.25) is 0 Å². The highest BCUT2D eigenvalue weighted by Gasteiger charge is 2.25. The molecular formula is C13H17ClO2. The first-order chi connectivity index (χ1) is 7.56. The van der Waals surface area contributed by atoms with E-state index in [4.69, 9.17) is 16.3 Å². The second-order valence-electron chi connectivity index (χ2n) is 4.03. The van der Waals surface area contributed by atoms with Crippen LogP contribution in [0.15, 0.2) is 24.3 Å². The summed E-state index contributed by atoms with van der Waals surface area (Å²) in [5.74, 6) is -0.226. The highest BCUT2D eigenvalue weighted by atomic mass is 35.5. The Bertz CT molecular complexity index is 361. The molecule has 88 valence electrons. The largest absolute Gasteiger partial charge is 0.466 e. The van der Waals surface area contributed by atoms with E-state index < -0.39 is 0 Å². The van der Waals surface area contributed by atoms with E-state index in [1.54, 1.807) is 6.07 Å². The topological polar surface area (TPSA) is 26.3 Å². The van der Waals surface area contributed by atoms with Crippen molar-refractivity contribution in [2.75, 3.05) is 6.61 Å². The Labute approximate surface area is 102 Å². The molecule has 0 N–H and O–H groups in total. The van der Waals surface area contributed by atoms with Crippen LogP contribution < -0.4 is 0 Å². The number of carbonyl (C=O) groups is 1. The van der Waals surface area contributed by atoms with Gasteiger partial charge in [-0.05, 0) is 30.5 Å². The van der Waals surface area contributed by atoms with Crippen molar-refractivity contribution in [1.29, 1.82) is 0 Å². The van der Waals surface area contributed by atoms with Crippen molar-refractivity contribution >= 4 is 17.6 Å². The van der Waals surface area contributed by atoms with Crippen molar-refractivity contribution in [3.8, 4) is 0 Å². The molecule has 0 saturated carbocycles. The summed E-state index contributed by atoms with van der Waals surface area (Å²) < 4.78 is 5.08. The van der Waals surface area contributed by atoms with Crippen LogP contribution in [-0.2, 0) is 9.53 Å². The molecule has 0 amide bonds. The molecule has 16 heavy (non-hydrogen) atoms. The maximum absolute atomic E-state index is 11.8. The van der Waals surface area contributed by atoms with Crippen molar-refractivity contribution in [3.05, 3.63) is 34.9 Å². The Morgan fingerprint density at radius 1 is 1.44 bits per heavy atom. The molecular weight excluding hydrogens is 224 g/mol. The van der Waals surface area contributed by atoms with Crippen LogP contribution in [0.3, 0.4) is 0 Å². The van der Waals surface area contributed by atoms with E-state index in [1.165, 1.54) is 0 Å². The summed E-state index contributed by atoms with van der Waals surface area (Å²) in [5, 5.41) is 0.646. The van der Waals surface area contributed by atoms with Gasteiger partial charge in [-0.1, -0.05) is 37.6 Å². The van der Waals surface area contributed by atoms with Crippen LogP contribution in [0.4, 0.5) is 0 Å². The quantitative estimate of drug-likeness (QED) is 0.751. The highest BCUT2D eigenvalue weighted by Crippen LogP contribution is 2.27. The minimum absolute atomic E-state index is 0.181. The summed E-state index contributed by atoms with van der Waals surface area (Å²) in [5.41, 5.74) is 0.918. The predicted octanol–water partition coefficient (Wildman–Crippen LogP) is 3.64. The molecule has 0 aliphatic rings. The smallest absolute Gasteiger partial charge is 0.313 e. The van der Waals surface area contributed by atoms with Gasteiger partial charge in [0.25, 0.3) is 0 Å². The van der Waals surface area contributed by atoms with Crippen molar-refractivity contribution in [2.45, 2.75) is 26.7 Å². The van der Waals surface area contributed by atoms with E-state index in [2.05, 4.69) is 0 Å². The molecule has 0 bridgehead atoms. The number of ether oxygens (including phenoxy) is 1. The molecule has 0 heterocycles. The second-order valence-corrected chi connectivity index (χ2v) is 4.47. The number of hydrogen-bond donors (Lipinski definition) is 0. The molecule has 0 aliphatic heterocycles. The minimum atomic E-state index is -0.237. The van der Waals surface area contributed by atoms with E-state index >= 15 is 0 Å². The van der Waals surface area contributed by atoms with Crippen LogP contribution >= 0.6 is 11.6 Å². The summed E-state index contributed by atoms with van der Waals surface area (Å²) in [6, 6.07) is 7.39. The van der Waals surface area contributed by atoms with Crippen molar-refractivity contribution < 1.29 is 9.53 Å². The molecule has 3 heteroatoms. The van der Waals surface area contributed by atoms with Gasteiger partial charge in [0, 0.05) is 5.02 Å². The molecule has 1 atom stereocenters. The summed E-state index contributed by atoms with van der Waals surface area (Å²) in [7, 11) is 0. The lowest BCUT2D eigenvalue weighted by Gasteiger charge is -2.19. The summed E-state index contributed by atoms with van der Waals surface area (Å²) in [6.45, 7) is 6.22. The number of hydrogen-bond acceptors (Lipinski definition) is 2. The van der Waals surface area contributed by atoms with Crippen LogP contribution in [0, 0.1) is 5.92 Å². The van der Waals surface area contributed by atoms with E-state index in [-0.39, 0.29) is 17.8 Å². The first-order valence-electron chi connectivity index (χ1n) is 5.48. The minimum Gasteiger partial charge on any atom is -0.466 e. The van der Waals surface area contributed by atoms with Crippen LogP contribution in [0.1, 0.15) is 32.3 Å². The van der Waals surface area contributed by atoms with Crippen molar-refractivity contribution in [3.63, 3.8) is 0 Å². The van der Waals surface area contributed by atoms with Gasteiger partial charge in [-0.2, -0.15) is 0 Å². The van der Waals surface area contributed by atoms with Gasteiger partial charge in [0.05, 0.1) is 12.5 Å². The van der Waals surface area contributed by atoms with Crippen LogP contribution in [0.2, 0.25) is 5.02 Å². The Kier molecular flexibility index (Phi) is 4.81. The standard InChI is InChI=1S/C13H17ClO2/c1-4-16-13(15)12(9(2)3)10-6-5-7-11(14)8-10/h5-9,12H,4H2,1-3H3. The maximum Gasteiger partial charge on any atom is 0.313 e. The second kappa shape index (κ2) is 5.90. The van der Waals surface area contributed by atoms with E-state index in [9.17, 15) is 4.79 Å². The molecule has 1 unspecified atom stereocenters. The number of esters is 1. The van der Waals surface area contributed by atoms with Crippen LogP contribution in [0.25, 0.3) is 0 Å². The molecule has 0 aliphatic carbocycles. The third kappa shape index (κ3) is 3.24. The highest BCUT2D eigenvalue weighted by molar-refractivity contribution is 6.30. The van der Waals surface area contributed by atoms with Gasteiger partial charge in [-0.3, -0.25) is 4.79 Å². The van der Waals surface area contributed by atoms with Crippen LogP contribution in [-0.4, -0.2) is 12.6 Å². The average Bonchev–Trinajstić information content (AvgIpc) is 2.17. The molecule has 0 aromatic heterocycles. The van der Waals surface area contributed by atoms with Crippen molar-refractivity contribution in [1.82, 2.24) is 0 Å². The zero-order chi connectivity index (χ0) is 12.1. The monoisotopic (exact) mass is 240 g/mol. The van der Waals surface area contributed by atoms with Crippen molar-refractivity contribution in [2.24, 2.45) is 5.92 Å². The molecule has 0 fully saturated rings. The molecule has 1 aromatic carbocycles. The molecule has 1 rings (SSSR count). The summed E-state index contributed by atoms with van der Waals surface area (Å²) in [6.07, 6.45) is 0. The van der Waals surface area contributed by atoms with E-state index in [1.807, 2.05) is 39.0 Å². The van der Waals surface area contributed by atoms with E-state index in [0.29, 0.717) is 11.6 Å². The van der Waals surface area contributed by atoms with E-state index in [0.717, 1.165) is 5.56 Å². The van der Waals surface area contributed by atoms with Gasteiger partial charge in [0.15, 0.2) is 0 Å². The number of halogens is 1. The maximum atomic E-state index is 11.8. The Morgan fingerprint density at radius 3 is 2.62 bits per heavy atom. The Hall–Kier alpha value is -1.02. The fourth-order valence-electron chi connectivity index (χ4n) is 1.73. The molecule has 2 nitrogen and oxygen atoms in total. The lowest BCUT2D eigenvalue weighted by Crippen LogP contribution is -2.20. The summed E-state index contributed by atoms with van der Waals surface area (Å²) >= 11 is 5.92. The van der Waals surface area contributed by atoms with Gasteiger partial charge >= 0.3 is 5.97 Å². The zero-order valence-corrected chi connectivity index (χ0v) is 10.6. The molecule has 1 aromatic rings. The van der Waals surface area contributed by atoms with Gasteiger partial charge in [-0.15, -0.1) is 0 Å². The Morgan fingerprint density at radius 2 is 2.12 bits per heavy atom. The lowest BCUT2D eigenvalue weighted by atomic mass is 9.88. The van der Waals surface area contributed by atoms with Crippen LogP contribution in [0.5, 0.6) is 0 Å². The lowest BCUT2D eigenvalue weighted by molar-refractivity contribution is -0.146. The third-order valence-corrected chi connectivity index (χ3v) is 2.65. The first-order valence-corrected chi connectivity index (χ1v) is 5.86.